The molecule has 0 aliphatic rings. The monoisotopic (exact) mass is 279 g/mol. The van der Waals surface area contributed by atoms with Crippen LogP contribution >= 0.6 is 11.3 Å². The molecule has 2 heterocycles. The van der Waals surface area contributed by atoms with Gasteiger partial charge >= 0.3 is 5.97 Å². The molecule has 2 N–H and O–H groups in total. The third-order valence-electron chi connectivity index (χ3n) is 2.32. The predicted octanol–water partition coefficient (Wildman–Crippen LogP) is 0.792. The minimum absolute atomic E-state index is 0.0168. The van der Waals surface area contributed by atoms with E-state index in [0.29, 0.717) is 0 Å². The first-order valence-corrected chi connectivity index (χ1v) is 6.03. The molecule has 2 aromatic heterocycles. The van der Waals surface area contributed by atoms with Gasteiger partial charge < -0.3 is 10.4 Å². The second kappa shape index (κ2) is 5.02. The summed E-state index contributed by atoms with van der Waals surface area (Å²) in [5.41, 5.74) is -0.283. The third kappa shape index (κ3) is 2.68. The van der Waals surface area contributed by atoms with Crippen LogP contribution in [0, 0.1) is 0 Å². The topological polar surface area (TPSA) is 101 Å². The maximum Gasteiger partial charge on any atom is 0.338 e. The van der Waals surface area contributed by atoms with Crippen LogP contribution in [0.2, 0.25) is 0 Å². The minimum Gasteiger partial charge on any atom is -0.478 e. The van der Waals surface area contributed by atoms with Crippen molar-refractivity contribution in [1.29, 1.82) is 0 Å². The molecule has 0 saturated heterocycles. The molecular formula is C11H9N3O4S. The molecule has 8 heteroatoms. The van der Waals surface area contributed by atoms with E-state index in [0.717, 1.165) is 16.0 Å². The summed E-state index contributed by atoms with van der Waals surface area (Å²) in [6, 6.07) is 3.90. The summed E-state index contributed by atoms with van der Waals surface area (Å²) >= 11 is 1.10. The Kier molecular flexibility index (Phi) is 3.43. The van der Waals surface area contributed by atoms with E-state index in [1.807, 2.05) is 0 Å². The van der Waals surface area contributed by atoms with Crippen molar-refractivity contribution in [3.63, 3.8) is 0 Å². The van der Waals surface area contributed by atoms with Crippen LogP contribution in [0.5, 0.6) is 0 Å². The average molecular weight is 279 g/mol. The number of amides is 1. The molecule has 0 aliphatic heterocycles. The zero-order chi connectivity index (χ0) is 14.0. The number of aromatic carboxylic acids is 1. The fraction of sp³-hybridized carbons (Fsp3) is 0.0909. The van der Waals surface area contributed by atoms with Gasteiger partial charge in [0.25, 0.3) is 11.5 Å². The molecule has 0 bridgehead atoms. The van der Waals surface area contributed by atoms with Crippen molar-refractivity contribution in [2.24, 2.45) is 7.05 Å². The molecule has 19 heavy (non-hydrogen) atoms. The zero-order valence-electron chi connectivity index (χ0n) is 9.78. The van der Waals surface area contributed by atoms with Crippen LogP contribution in [0.1, 0.15) is 20.8 Å². The Morgan fingerprint density at radius 3 is 2.74 bits per heavy atom. The van der Waals surface area contributed by atoms with E-state index in [1.165, 1.54) is 25.2 Å². The summed E-state index contributed by atoms with van der Waals surface area (Å²) in [5.74, 6) is -1.69. The molecule has 0 saturated carbocycles. The van der Waals surface area contributed by atoms with Gasteiger partial charge in [0, 0.05) is 13.1 Å². The minimum atomic E-state index is -1.12. The highest BCUT2D eigenvalue weighted by Gasteiger charge is 2.16. The van der Waals surface area contributed by atoms with Crippen molar-refractivity contribution in [2.75, 3.05) is 5.32 Å². The van der Waals surface area contributed by atoms with Crippen molar-refractivity contribution >= 4 is 28.2 Å². The average Bonchev–Trinajstić information content (AvgIpc) is 2.80. The molecule has 0 atom stereocenters. The second-order valence-corrected chi connectivity index (χ2v) is 4.52. The van der Waals surface area contributed by atoms with Crippen LogP contribution in [-0.4, -0.2) is 26.8 Å². The van der Waals surface area contributed by atoms with Crippen LogP contribution < -0.4 is 10.9 Å². The highest BCUT2D eigenvalue weighted by atomic mass is 32.1. The van der Waals surface area contributed by atoms with E-state index < -0.39 is 11.9 Å². The van der Waals surface area contributed by atoms with Crippen LogP contribution in [0.15, 0.2) is 28.4 Å². The second-order valence-electron chi connectivity index (χ2n) is 3.60. The van der Waals surface area contributed by atoms with Crippen molar-refractivity contribution in [3.8, 4) is 0 Å². The molecule has 1 amide bonds. The standard InChI is InChI=1S/C11H9N3O4S/c1-14-8(15)3-2-7(13-14)9(16)12-10-6(11(17)18)4-5-19-10/h2-5H,1H3,(H,12,16)(H,17,18). The predicted molar refractivity (Wildman–Crippen MR) is 68.7 cm³/mol. The number of nitrogens with one attached hydrogen (secondary N) is 1. The summed E-state index contributed by atoms with van der Waals surface area (Å²) in [5, 5.41) is 16.9. The van der Waals surface area contributed by atoms with Gasteiger partial charge in [-0.1, -0.05) is 0 Å². The van der Waals surface area contributed by atoms with Gasteiger partial charge in [0.05, 0.1) is 5.56 Å². The summed E-state index contributed by atoms with van der Waals surface area (Å²) in [7, 11) is 1.42. The number of hydrogen-bond acceptors (Lipinski definition) is 5. The molecule has 2 aromatic rings. The van der Waals surface area contributed by atoms with Gasteiger partial charge in [-0.05, 0) is 17.5 Å². The van der Waals surface area contributed by atoms with Crippen molar-refractivity contribution < 1.29 is 14.7 Å². The molecule has 98 valence electrons. The number of carboxylic acid groups (broad SMARTS) is 1. The number of rotatable bonds is 3. The van der Waals surface area contributed by atoms with Crippen molar-refractivity contribution in [1.82, 2.24) is 9.78 Å². The first kappa shape index (κ1) is 13.0. The van der Waals surface area contributed by atoms with Crippen LogP contribution in [-0.2, 0) is 7.05 Å². The lowest BCUT2D eigenvalue weighted by Crippen LogP contribution is -2.23. The number of carbonyl (C=O) groups excluding carboxylic acids is 1. The van der Waals surface area contributed by atoms with Gasteiger partial charge in [-0.25, -0.2) is 9.48 Å². The molecule has 0 fully saturated rings. The number of hydrogen-bond donors (Lipinski definition) is 2. The lowest BCUT2D eigenvalue weighted by Gasteiger charge is -2.04. The van der Waals surface area contributed by atoms with E-state index >= 15 is 0 Å². The zero-order valence-corrected chi connectivity index (χ0v) is 10.6. The van der Waals surface area contributed by atoms with Gasteiger partial charge in [-0.3, -0.25) is 9.59 Å². The Hall–Kier alpha value is -2.48. The number of aromatic nitrogens is 2. The number of nitrogens with zero attached hydrogens (tertiary/aromatic N) is 2. The fourth-order valence-electron chi connectivity index (χ4n) is 1.37. The van der Waals surface area contributed by atoms with Gasteiger partial charge in [0.15, 0.2) is 0 Å². The molecule has 0 aromatic carbocycles. The highest BCUT2D eigenvalue weighted by Crippen LogP contribution is 2.23. The Morgan fingerprint density at radius 2 is 2.11 bits per heavy atom. The SMILES string of the molecule is Cn1nc(C(=O)Nc2sccc2C(=O)O)ccc1=O. The molecule has 7 nitrogen and oxygen atoms in total. The number of carboxylic acids is 1. The van der Waals surface area contributed by atoms with Crippen LogP contribution in [0.4, 0.5) is 5.00 Å². The van der Waals surface area contributed by atoms with E-state index in [1.54, 1.807) is 5.38 Å². The molecular weight excluding hydrogens is 270 g/mol. The van der Waals surface area contributed by atoms with Crippen molar-refractivity contribution in [2.45, 2.75) is 0 Å². The summed E-state index contributed by atoms with van der Waals surface area (Å²) in [4.78, 5) is 33.9. The third-order valence-corrected chi connectivity index (χ3v) is 3.15. The lowest BCUT2D eigenvalue weighted by atomic mass is 10.3. The van der Waals surface area contributed by atoms with Crippen molar-refractivity contribution in [3.05, 3.63) is 45.2 Å². The van der Waals surface area contributed by atoms with Gasteiger partial charge in [-0.15, -0.1) is 11.3 Å². The number of carbonyl (C=O) groups is 2. The fourth-order valence-corrected chi connectivity index (χ4v) is 2.14. The van der Waals surface area contributed by atoms with E-state index in [-0.39, 0.29) is 21.8 Å². The van der Waals surface area contributed by atoms with E-state index in [9.17, 15) is 14.4 Å². The van der Waals surface area contributed by atoms with Gasteiger partial charge in [0.1, 0.15) is 10.7 Å². The largest absolute Gasteiger partial charge is 0.478 e. The van der Waals surface area contributed by atoms with Crippen LogP contribution in [0.3, 0.4) is 0 Å². The van der Waals surface area contributed by atoms with Gasteiger partial charge in [-0.2, -0.15) is 5.10 Å². The Labute approximate surface area is 111 Å². The smallest absolute Gasteiger partial charge is 0.338 e. The Balaban J connectivity index is 2.25. The lowest BCUT2D eigenvalue weighted by molar-refractivity contribution is 0.0698. The highest BCUT2D eigenvalue weighted by molar-refractivity contribution is 7.14. The molecule has 0 aliphatic carbocycles. The summed E-state index contributed by atoms with van der Waals surface area (Å²) in [6.45, 7) is 0. The molecule has 0 radical (unpaired) electrons. The summed E-state index contributed by atoms with van der Waals surface area (Å²) < 4.78 is 1.03. The number of anilines is 1. The van der Waals surface area contributed by atoms with Crippen LogP contribution in [0.25, 0.3) is 0 Å². The first-order valence-electron chi connectivity index (χ1n) is 5.15. The number of aryl methyl sites for hydroxylation is 1. The first-order chi connectivity index (χ1) is 8.99. The van der Waals surface area contributed by atoms with E-state index in [2.05, 4.69) is 10.4 Å². The maximum absolute atomic E-state index is 11.9. The summed E-state index contributed by atoms with van der Waals surface area (Å²) in [6.07, 6.45) is 0. The Bertz CT molecular complexity index is 704. The number of thiophene rings is 1. The Morgan fingerprint density at radius 1 is 1.37 bits per heavy atom. The maximum atomic E-state index is 11.9. The van der Waals surface area contributed by atoms with Gasteiger partial charge in [0.2, 0.25) is 0 Å². The molecule has 0 spiro atoms. The molecule has 0 unspecified atom stereocenters. The molecule has 2 rings (SSSR count). The quantitative estimate of drug-likeness (QED) is 0.865. The normalized spacial score (nSPS) is 10.2. The van der Waals surface area contributed by atoms with E-state index in [4.69, 9.17) is 5.11 Å².